The molecule has 1 aromatic heterocycles. The average Bonchev–Trinajstić information content (AvgIpc) is 2.38. The van der Waals surface area contributed by atoms with Gasteiger partial charge < -0.3 is 4.74 Å². The highest BCUT2D eigenvalue weighted by Gasteiger charge is 2.16. The first kappa shape index (κ1) is 15.8. The molecule has 0 amide bonds. The van der Waals surface area contributed by atoms with Gasteiger partial charge in [0, 0.05) is 36.8 Å². The van der Waals surface area contributed by atoms with Gasteiger partial charge in [-0.3, -0.25) is 4.98 Å². The maximum atomic E-state index is 12.1. The molecule has 0 radical (unpaired) electrons. The van der Waals surface area contributed by atoms with Crippen LogP contribution in [0.1, 0.15) is 0 Å². The quantitative estimate of drug-likeness (QED) is 0.852. The fraction of sp³-hybridized carbons (Fsp3) is 0.250. The van der Waals surface area contributed by atoms with E-state index in [1.807, 2.05) is 6.07 Å². The van der Waals surface area contributed by atoms with Gasteiger partial charge in [-0.25, -0.2) is 13.1 Å². The number of pyridine rings is 1. The molecule has 0 fully saturated rings. The maximum Gasteiger partial charge on any atom is 0.241 e. The van der Waals surface area contributed by atoms with Crippen LogP contribution in [0.3, 0.4) is 0 Å². The van der Waals surface area contributed by atoms with Crippen LogP contribution in [0.15, 0.2) is 41.6 Å². The van der Waals surface area contributed by atoms with Crippen LogP contribution in [-0.2, 0) is 14.8 Å². The fourth-order valence-corrected chi connectivity index (χ4v) is 2.92. The number of sulfonamides is 1. The summed E-state index contributed by atoms with van der Waals surface area (Å²) in [6.07, 6.45) is 3.22. The standard InChI is InChI=1S/C12H14N2O3S.ClH/c1-17-8-7-14-18(15,16)12-4-2-3-10-9-13-6-5-11(10)12;/h2-6,9,14H,7-8H2,1H3;1H. The molecule has 104 valence electrons. The molecule has 0 bridgehead atoms. The Morgan fingerprint density at radius 2 is 2.11 bits per heavy atom. The molecule has 0 saturated heterocycles. The number of ether oxygens (including phenoxy) is 1. The number of nitrogens with one attached hydrogen (secondary N) is 1. The van der Waals surface area contributed by atoms with Crippen LogP contribution in [0.25, 0.3) is 10.8 Å². The number of hydrogen-bond donors (Lipinski definition) is 1. The van der Waals surface area contributed by atoms with Crippen LogP contribution >= 0.6 is 12.4 Å². The zero-order chi connectivity index (χ0) is 13.0. The van der Waals surface area contributed by atoms with Crippen molar-refractivity contribution in [3.05, 3.63) is 36.7 Å². The summed E-state index contributed by atoms with van der Waals surface area (Å²) in [5, 5.41) is 1.46. The molecule has 2 aromatic rings. The van der Waals surface area contributed by atoms with Crippen LogP contribution < -0.4 is 4.72 Å². The van der Waals surface area contributed by atoms with Crippen molar-refractivity contribution in [2.24, 2.45) is 0 Å². The Morgan fingerprint density at radius 3 is 2.84 bits per heavy atom. The van der Waals surface area contributed by atoms with Gasteiger partial charge >= 0.3 is 0 Å². The summed E-state index contributed by atoms with van der Waals surface area (Å²) < 4.78 is 31.6. The van der Waals surface area contributed by atoms with Gasteiger partial charge in [0.2, 0.25) is 10.0 Å². The second-order valence-electron chi connectivity index (χ2n) is 3.74. The summed E-state index contributed by atoms with van der Waals surface area (Å²) in [5.41, 5.74) is 0. The Morgan fingerprint density at radius 1 is 1.32 bits per heavy atom. The summed E-state index contributed by atoms with van der Waals surface area (Å²) in [6, 6.07) is 6.81. The van der Waals surface area contributed by atoms with Gasteiger partial charge in [0.25, 0.3) is 0 Å². The van der Waals surface area contributed by atoms with Gasteiger partial charge in [-0.15, -0.1) is 12.4 Å². The van der Waals surface area contributed by atoms with Crippen molar-refractivity contribution in [3.63, 3.8) is 0 Å². The normalized spacial score (nSPS) is 11.2. The molecule has 0 unspecified atom stereocenters. The van der Waals surface area contributed by atoms with E-state index in [-0.39, 0.29) is 23.8 Å². The SMILES string of the molecule is COCCNS(=O)(=O)c1cccc2cnccc12.Cl. The fourth-order valence-electron chi connectivity index (χ4n) is 1.68. The smallest absolute Gasteiger partial charge is 0.241 e. The number of rotatable bonds is 5. The van der Waals surface area contributed by atoms with Crippen LogP contribution in [0.4, 0.5) is 0 Å². The van der Waals surface area contributed by atoms with E-state index < -0.39 is 10.0 Å². The third-order valence-corrected chi connectivity index (χ3v) is 4.05. The minimum Gasteiger partial charge on any atom is -0.383 e. The van der Waals surface area contributed by atoms with Crippen molar-refractivity contribution in [2.75, 3.05) is 20.3 Å². The van der Waals surface area contributed by atoms with E-state index in [0.29, 0.717) is 12.0 Å². The highest BCUT2D eigenvalue weighted by Crippen LogP contribution is 2.21. The lowest BCUT2D eigenvalue weighted by atomic mass is 10.2. The van der Waals surface area contributed by atoms with E-state index >= 15 is 0 Å². The van der Waals surface area contributed by atoms with Gasteiger partial charge in [0.15, 0.2) is 0 Å². The zero-order valence-electron chi connectivity index (χ0n) is 10.4. The number of benzene rings is 1. The molecular formula is C12H15ClN2O3S. The van der Waals surface area contributed by atoms with Gasteiger partial charge in [-0.2, -0.15) is 0 Å². The number of fused-ring (bicyclic) bond motifs is 1. The Hall–Kier alpha value is -1.21. The molecule has 7 heteroatoms. The molecular weight excluding hydrogens is 288 g/mol. The van der Waals surface area contributed by atoms with Crippen LogP contribution in [0.2, 0.25) is 0 Å². The van der Waals surface area contributed by atoms with Crippen LogP contribution in [0.5, 0.6) is 0 Å². The van der Waals surface area contributed by atoms with E-state index in [0.717, 1.165) is 5.39 Å². The largest absolute Gasteiger partial charge is 0.383 e. The Labute approximate surface area is 118 Å². The first-order valence-electron chi connectivity index (χ1n) is 5.46. The first-order valence-corrected chi connectivity index (χ1v) is 6.95. The molecule has 0 atom stereocenters. The number of aromatic nitrogens is 1. The third-order valence-electron chi connectivity index (χ3n) is 2.53. The van der Waals surface area contributed by atoms with Crippen molar-refractivity contribution < 1.29 is 13.2 Å². The molecule has 0 aliphatic carbocycles. The van der Waals surface area contributed by atoms with Crippen molar-refractivity contribution in [2.45, 2.75) is 4.90 Å². The third kappa shape index (κ3) is 3.63. The number of nitrogens with zero attached hydrogens (tertiary/aromatic N) is 1. The lowest BCUT2D eigenvalue weighted by molar-refractivity contribution is 0.204. The lowest BCUT2D eigenvalue weighted by Crippen LogP contribution is -2.27. The number of halogens is 1. The second-order valence-corrected chi connectivity index (χ2v) is 5.48. The molecule has 19 heavy (non-hydrogen) atoms. The predicted molar refractivity (Wildman–Crippen MR) is 76.1 cm³/mol. The molecule has 5 nitrogen and oxygen atoms in total. The van der Waals surface area contributed by atoms with E-state index in [2.05, 4.69) is 9.71 Å². The molecule has 0 aliphatic rings. The predicted octanol–water partition coefficient (Wildman–Crippen LogP) is 1.58. The van der Waals surface area contributed by atoms with E-state index in [4.69, 9.17) is 4.74 Å². The van der Waals surface area contributed by atoms with Gasteiger partial charge in [-0.1, -0.05) is 12.1 Å². The molecule has 2 rings (SSSR count). The number of methoxy groups -OCH3 is 1. The minimum absolute atomic E-state index is 0. The monoisotopic (exact) mass is 302 g/mol. The van der Waals surface area contributed by atoms with Crippen molar-refractivity contribution >= 4 is 33.2 Å². The van der Waals surface area contributed by atoms with E-state index in [1.165, 1.54) is 7.11 Å². The average molecular weight is 303 g/mol. The van der Waals surface area contributed by atoms with Crippen molar-refractivity contribution in [3.8, 4) is 0 Å². The van der Waals surface area contributed by atoms with Crippen LogP contribution in [-0.4, -0.2) is 33.7 Å². The highest BCUT2D eigenvalue weighted by molar-refractivity contribution is 7.89. The van der Waals surface area contributed by atoms with Crippen molar-refractivity contribution in [1.29, 1.82) is 0 Å². The summed E-state index contributed by atoms with van der Waals surface area (Å²) in [5.74, 6) is 0. The zero-order valence-corrected chi connectivity index (χ0v) is 12.0. The first-order chi connectivity index (χ1) is 8.65. The molecule has 0 saturated carbocycles. The lowest BCUT2D eigenvalue weighted by Gasteiger charge is -2.08. The van der Waals surface area contributed by atoms with Crippen LogP contribution in [0, 0.1) is 0 Å². The summed E-state index contributed by atoms with van der Waals surface area (Å²) >= 11 is 0. The Bertz CT molecular complexity index is 641. The Balaban J connectivity index is 0.00000180. The highest BCUT2D eigenvalue weighted by atomic mass is 35.5. The molecule has 0 spiro atoms. The molecule has 1 N–H and O–H groups in total. The number of hydrogen-bond acceptors (Lipinski definition) is 4. The van der Waals surface area contributed by atoms with Gasteiger partial charge in [0.05, 0.1) is 11.5 Å². The van der Waals surface area contributed by atoms with Gasteiger partial charge in [0.1, 0.15) is 0 Å². The summed E-state index contributed by atoms with van der Waals surface area (Å²) in [6.45, 7) is 0.589. The summed E-state index contributed by atoms with van der Waals surface area (Å²) in [4.78, 5) is 4.24. The van der Waals surface area contributed by atoms with Gasteiger partial charge in [-0.05, 0) is 12.1 Å². The molecule has 1 aromatic carbocycles. The summed E-state index contributed by atoms with van der Waals surface area (Å²) in [7, 11) is -1.99. The second kappa shape index (κ2) is 6.81. The molecule has 1 heterocycles. The molecule has 0 aliphatic heterocycles. The maximum absolute atomic E-state index is 12.1. The van der Waals surface area contributed by atoms with E-state index in [1.54, 1.807) is 30.6 Å². The van der Waals surface area contributed by atoms with Crippen molar-refractivity contribution in [1.82, 2.24) is 9.71 Å². The minimum atomic E-state index is -3.52. The van der Waals surface area contributed by atoms with E-state index in [9.17, 15) is 8.42 Å². The Kier molecular flexibility index (Phi) is 5.68. The topological polar surface area (TPSA) is 68.3 Å².